The Hall–Kier alpha value is -2.91. The highest BCUT2D eigenvalue weighted by Crippen LogP contribution is 2.24. The second kappa shape index (κ2) is 5.47. The van der Waals surface area contributed by atoms with Crippen molar-refractivity contribution in [2.45, 2.75) is 6.92 Å². The van der Waals surface area contributed by atoms with Gasteiger partial charge in [-0.2, -0.15) is 10.4 Å². The number of anilines is 1. The summed E-state index contributed by atoms with van der Waals surface area (Å²) in [5, 5.41) is 15.4. The number of nitriles is 1. The SMILES string of the molecule is Cc1ccc(-n2nc(C(=O)c3cccs3)c(C#N)c2N)cc1. The van der Waals surface area contributed by atoms with Crippen LogP contribution < -0.4 is 5.73 Å². The van der Waals surface area contributed by atoms with Crippen LogP contribution in [0.2, 0.25) is 0 Å². The molecule has 2 N–H and O–H groups in total. The maximum atomic E-state index is 12.5. The molecule has 0 aliphatic heterocycles. The average molecular weight is 308 g/mol. The lowest BCUT2D eigenvalue weighted by atomic mass is 10.1. The van der Waals surface area contributed by atoms with E-state index in [2.05, 4.69) is 5.10 Å². The molecule has 1 aromatic carbocycles. The first-order valence-corrected chi connectivity index (χ1v) is 7.43. The minimum Gasteiger partial charge on any atom is -0.382 e. The largest absolute Gasteiger partial charge is 0.382 e. The number of benzene rings is 1. The number of hydrogen-bond donors (Lipinski definition) is 1. The van der Waals surface area contributed by atoms with Crippen molar-refractivity contribution in [3.05, 3.63) is 63.5 Å². The van der Waals surface area contributed by atoms with Crippen LogP contribution in [0.4, 0.5) is 5.82 Å². The van der Waals surface area contributed by atoms with Crippen LogP contribution in [0.3, 0.4) is 0 Å². The van der Waals surface area contributed by atoms with Crippen LogP contribution in [0.5, 0.6) is 0 Å². The molecule has 0 atom stereocenters. The van der Waals surface area contributed by atoms with Crippen LogP contribution in [-0.2, 0) is 0 Å². The summed E-state index contributed by atoms with van der Waals surface area (Å²) in [6.07, 6.45) is 0. The number of aromatic nitrogens is 2. The molecule has 108 valence electrons. The Bertz CT molecular complexity index is 870. The van der Waals surface area contributed by atoms with Crippen molar-refractivity contribution < 1.29 is 4.79 Å². The molecule has 6 heteroatoms. The van der Waals surface area contributed by atoms with Crippen LogP contribution in [-0.4, -0.2) is 15.6 Å². The smallest absolute Gasteiger partial charge is 0.224 e. The summed E-state index contributed by atoms with van der Waals surface area (Å²) in [4.78, 5) is 13.0. The first-order chi connectivity index (χ1) is 10.6. The van der Waals surface area contributed by atoms with E-state index < -0.39 is 0 Å². The van der Waals surface area contributed by atoms with Crippen molar-refractivity contribution >= 4 is 22.9 Å². The zero-order valence-electron chi connectivity index (χ0n) is 11.8. The Morgan fingerprint density at radius 1 is 1.32 bits per heavy atom. The second-order valence-corrected chi connectivity index (χ2v) is 5.72. The quantitative estimate of drug-likeness (QED) is 0.754. The Balaban J connectivity index is 2.13. The third kappa shape index (κ3) is 2.28. The molecule has 0 unspecified atom stereocenters. The van der Waals surface area contributed by atoms with Crippen molar-refractivity contribution in [3.63, 3.8) is 0 Å². The predicted octanol–water partition coefficient (Wildman–Crippen LogP) is 2.93. The van der Waals surface area contributed by atoms with Gasteiger partial charge in [-0.15, -0.1) is 11.3 Å². The molecule has 0 radical (unpaired) electrons. The monoisotopic (exact) mass is 308 g/mol. The van der Waals surface area contributed by atoms with Crippen molar-refractivity contribution in [3.8, 4) is 11.8 Å². The number of carbonyl (C=O) groups is 1. The minimum atomic E-state index is -0.288. The molecule has 0 aliphatic rings. The fourth-order valence-electron chi connectivity index (χ4n) is 2.11. The summed E-state index contributed by atoms with van der Waals surface area (Å²) in [5.41, 5.74) is 8.02. The van der Waals surface area contributed by atoms with Gasteiger partial charge in [0.1, 0.15) is 17.5 Å². The summed E-state index contributed by atoms with van der Waals surface area (Å²) < 4.78 is 1.43. The maximum Gasteiger partial charge on any atom is 0.224 e. The van der Waals surface area contributed by atoms with Gasteiger partial charge in [0, 0.05) is 0 Å². The van der Waals surface area contributed by atoms with Gasteiger partial charge >= 0.3 is 0 Å². The van der Waals surface area contributed by atoms with Crippen LogP contribution in [0.1, 0.15) is 26.5 Å². The number of thiophene rings is 1. The molecule has 0 saturated heterocycles. The van der Waals surface area contributed by atoms with Gasteiger partial charge < -0.3 is 5.73 Å². The normalized spacial score (nSPS) is 10.4. The third-order valence-corrected chi connectivity index (χ3v) is 4.14. The summed E-state index contributed by atoms with van der Waals surface area (Å²) in [7, 11) is 0. The molecule has 0 spiro atoms. The molecular formula is C16H12N4OS. The van der Waals surface area contributed by atoms with Gasteiger partial charge in [0.05, 0.1) is 10.6 Å². The van der Waals surface area contributed by atoms with Gasteiger partial charge in [-0.3, -0.25) is 4.79 Å². The number of nitrogens with two attached hydrogens (primary N) is 1. The van der Waals surface area contributed by atoms with Crippen LogP contribution >= 0.6 is 11.3 Å². The lowest BCUT2D eigenvalue weighted by molar-refractivity contribution is 0.103. The predicted molar refractivity (Wildman–Crippen MR) is 85.2 cm³/mol. The van der Waals surface area contributed by atoms with Gasteiger partial charge in [0.15, 0.2) is 5.69 Å². The van der Waals surface area contributed by atoms with E-state index in [0.717, 1.165) is 5.56 Å². The molecule has 0 aliphatic carbocycles. The molecule has 3 rings (SSSR count). The third-order valence-electron chi connectivity index (χ3n) is 3.27. The zero-order chi connectivity index (χ0) is 15.7. The van der Waals surface area contributed by atoms with Crippen LogP contribution in [0.15, 0.2) is 41.8 Å². The molecular weight excluding hydrogens is 296 g/mol. The van der Waals surface area contributed by atoms with Gasteiger partial charge in [-0.1, -0.05) is 23.8 Å². The molecule has 0 fully saturated rings. The first-order valence-electron chi connectivity index (χ1n) is 6.55. The van der Waals surface area contributed by atoms with Gasteiger partial charge in [0.25, 0.3) is 0 Å². The van der Waals surface area contributed by atoms with Crippen molar-refractivity contribution in [2.75, 3.05) is 5.73 Å². The average Bonchev–Trinajstić information content (AvgIpc) is 3.15. The molecule has 3 aromatic rings. The molecule has 2 aromatic heterocycles. The molecule has 22 heavy (non-hydrogen) atoms. The fraction of sp³-hybridized carbons (Fsp3) is 0.0625. The first kappa shape index (κ1) is 14.0. The molecule has 2 heterocycles. The molecule has 0 saturated carbocycles. The number of nitrogen functional groups attached to an aromatic ring is 1. The van der Waals surface area contributed by atoms with Gasteiger partial charge in [-0.25, -0.2) is 4.68 Å². The molecule has 0 bridgehead atoms. The van der Waals surface area contributed by atoms with E-state index in [9.17, 15) is 10.1 Å². The van der Waals surface area contributed by atoms with Crippen LogP contribution in [0.25, 0.3) is 5.69 Å². The van der Waals surface area contributed by atoms with Crippen molar-refractivity contribution in [1.29, 1.82) is 5.26 Å². The number of ketones is 1. The Labute approximate surface area is 131 Å². The Kier molecular flexibility index (Phi) is 3.49. The second-order valence-electron chi connectivity index (χ2n) is 4.77. The van der Waals surface area contributed by atoms with Crippen molar-refractivity contribution in [1.82, 2.24) is 9.78 Å². The lowest BCUT2D eigenvalue weighted by Crippen LogP contribution is -2.04. The zero-order valence-corrected chi connectivity index (χ0v) is 12.6. The highest BCUT2D eigenvalue weighted by molar-refractivity contribution is 7.12. The number of carbonyl (C=O) groups excluding carboxylic acids is 1. The summed E-state index contributed by atoms with van der Waals surface area (Å²) in [6, 6.07) is 13.0. The van der Waals surface area contributed by atoms with E-state index in [1.54, 1.807) is 17.5 Å². The number of rotatable bonds is 3. The van der Waals surface area contributed by atoms with E-state index in [4.69, 9.17) is 5.73 Å². The van der Waals surface area contributed by atoms with E-state index in [-0.39, 0.29) is 22.9 Å². The number of hydrogen-bond acceptors (Lipinski definition) is 5. The molecule has 5 nitrogen and oxygen atoms in total. The highest BCUT2D eigenvalue weighted by atomic mass is 32.1. The number of nitrogens with zero attached hydrogens (tertiary/aromatic N) is 3. The Morgan fingerprint density at radius 2 is 2.05 bits per heavy atom. The van der Waals surface area contributed by atoms with Gasteiger partial charge in [0.2, 0.25) is 5.78 Å². The summed E-state index contributed by atoms with van der Waals surface area (Å²) >= 11 is 1.31. The van der Waals surface area contributed by atoms with E-state index in [1.165, 1.54) is 16.0 Å². The van der Waals surface area contributed by atoms with E-state index >= 15 is 0 Å². The van der Waals surface area contributed by atoms with E-state index in [0.29, 0.717) is 10.6 Å². The van der Waals surface area contributed by atoms with E-state index in [1.807, 2.05) is 37.3 Å². The Morgan fingerprint density at radius 3 is 2.64 bits per heavy atom. The number of aryl methyl sites for hydroxylation is 1. The summed E-state index contributed by atoms with van der Waals surface area (Å²) in [6.45, 7) is 1.97. The highest BCUT2D eigenvalue weighted by Gasteiger charge is 2.23. The minimum absolute atomic E-state index is 0.0861. The molecule has 0 amide bonds. The fourth-order valence-corrected chi connectivity index (χ4v) is 2.77. The standard InChI is InChI=1S/C16H12N4OS/c1-10-4-6-11(7-5-10)20-16(18)12(9-17)14(19-20)15(21)13-3-2-8-22-13/h2-8H,18H2,1H3. The van der Waals surface area contributed by atoms with Crippen LogP contribution in [0, 0.1) is 18.3 Å². The van der Waals surface area contributed by atoms with Gasteiger partial charge in [-0.05, 0) is 30.5 Å². The maximum absolute atomic E-state index is 12.5. The lowest BCUT2D eigenvalue weighted by Gasteiger charge is -2.03. The topological polar surface area (TPSA) is 84.7 Å². The van der Waals surface area contributed by atoms with Crippen molar-refractivity contribution in [2.24, 2.45) is 0 Å². The summed E-state index contributed by atoms with van der Waals surface area (Å²) in [5.74, 6) is -0.115.